The summed E-state index contributed by atoms with van der Waals surface area (Å²) in [5.41, 5.74) is 1.65. The summed E-state index contributed by atoms with van der Waals surface area (Å²) in [4.78, 5) is 31.0. The van der Waals surface area contributed by atoms with Gasteiger partial charge in [0.25, 0.3) is 10.0 Å². The maximum atomic E-state index is 14.7. The van der Waals surface area contributed by atoms with Crippen LogP contribution in [0.2, 0.25) is 10.0 Å². The lowest BCUT2D eigenvalue weighted by molar-refractivity contribution is -0.140. The van der Waals surface area contributed by atoms with Gasteiger partial charge in [-0.25, -0.2) is 8.42 Å². The molecular weight excluding hydrogens is 701 g/mol. The van der Waals surface area contributed by atoms with Crippen molar-refractivity contribution in [3.05, 3.63) is 118 Å². The lowest BCUT2D eigenvalue weighted by atomic mass is 10.0. The molecule has 0 unspecified atom stereocenters. The molecule has 0 spiro atoms. The van der Waals surface area contributed by atoms with Crippen LogP contribution in [0, 0.1) is 0 Å². The van der Waals surface area contributed by atoms with Crippen LogP contribution in [0.3, 0.4) is 0 Å². The maximum Gasteiger partial charge on any atom is 0.264 e. The topological polar surface area (TPSA) is 96.0 Å². The van der Waals surface area contributed by atoms with E-state index < -0.39 is 28.5 Å². The van der Waals surface area contributed by atoms with Gasteiger partial charge in [-0.3, -0.25) is 13.9 Å². The number of thioether (sulfide) groups is 1. The van der Waals surface area contributed by atoms with E-state index >= 15 is 0 Å². The first kappa shape index (κ1) is 38.1. The smallest absolute Gasteiger partial charge is 0.264 e. The first-order chi connectivity index (χ1) is 23.5. The number of carbonyl (C=O) groups excluding carboxylic acids is 2. The van der Waals surface area contributed by atoms with Crippen LogP contribution in [0.25, 0.3) is 0 Å². The Bertz CT molecular complexity index is 1810. The molecule has 4 aromatic carbocycles. The largest absolute Gasteiger partial charge is 0.494 e. The van der Waals surface area contributed by atoms with E-state index in [1.165, 1.54) is 28.8 Å². The summed E-state index contributed by atoms with van der Waals surface area (Å²) < 4.78 is 35.3. The fourth-order valence-electron chi connectivity index (χ4n) is 5.11. The third kappa shape index (κ3) is 10.2. The van der Waals surface area contributed by atoms with Crippen LogP contribution >= 0.6 is 35.0 Å². The fourth-order valence-corrected chi connectivity index (χ4v) is 7.40. The van der Waals surface area contributed by atoms with Crippen LogP contribution in [0.4, 0.5) is 5.69 Å². The summed E-state index contributed by atoms with van der Waals surface area (Å²) >= 11 is 14.3. The van der Waals surface area contributed by atoms with Gasteiger partial charge >= 0.3 is 0 Å². The number of hydrogen-bond donors (Lipinski definition) is 1. The van der Waals surface area contributed by atoms with Gasteiger partial charge in [0.05, 0.1) is 17.2 Å². The molecule has 0 bridgehead atoms. The molecule has 0 aromatic heterocycles. The highest BCUT2D eigenvalue weighted by Gasteiger charge is 2.35. The standard InChI is InChI=1S/C37H41Cl2N3O5S2/c1-5-26(3)40-37(44)35(22-27-10-8-7-9-11-27)41(24-28-12-13-29(38)23-34(28)39)36(43)25-42(30-14-16-31(17-15-30)47-6-2)49(45,46)33-20-18-32(48-4)19-21-33/h7-21,23,26,35H,5-6,22,24-25H2,1-4H3,(H,40,44)/t26-,35-/m1/s1. The van der Waals surface area contributed by atoms with Crippen LogP contribution in [0.5, 0.6) is 5.75 Å². The van der Waals surface area contributed by atoms with Gasteiger partial charge in [0, 0.05) is 33.9 Å². The van der Waals surface area contributed by atoms with E-state index in [-0.39, 0.29) is 35.5 Å². The molecule has 0 radical (unpaired) electrons. The highest BCUT2D eigenvalue weighted by atomic mass is 35.5. The number of nitrogens with one attached hydrogen (secondary N) is 1. The Balaban J connectivity index is 1.83. The number of hydrogen-bond acceptors (Lipinski definition) is 6. The number of ether oxygens (including phenoxy) is 1. The van der Waals surface area contributed by atoms with Gasteiger partial charge in [0.15, 0.2) is 0 Å². The number of anilines is 1. The molecule has 260 valence electrons. The van der Waals surface area contributed by atoms with E-state index in [0.717, 1.165) is 14.8 Å². The summed E-state index contributed by atoms with van der Waals surface area (Å²) in [5.74, 6) is -0.396. The SMILES string of the molecule is CCOc1ccc(N(CC(=O)N(Cc2ccc(Cl)cc2Cl)[C@H](Cc2ccccc2)C(=O)N[C@H](C)CC)S(=O)(=O)c2ccc(SC)cc2)cc1. The van der Waals surface area contributed by atoms with E-state index in [4.69, 9.17) is 27.9 Å². The van der Waals surface area contributed by atoms with Crippen molar-refractivity contribution >= 4 is 62.5 Å². The summed E-state index contributed by atoms with van der Waals surface area (Å²) in [6.07, 6.45) is 2.77. The molecule has 0 saturated carbocycles. The molecule has 0 heterocycles. The van der Waals surface area contributed by atoms with Crippen molar-refractivity contribution in [3.8, 4) is 5.75 Å². The van der Waals surface area contributed by atoms with Crippen molar-refractivity contribution in [1.29, 1.82) is 0 Å². The van der Waals surface area contributed by atoms with Crippen molar-refractivity contribution in [1.82, 2.24) is 10.2 Å². The lowest BCUT2D eigenvalue weighted by Crippen LogP contribution is -2.54. The zero-order chi connectivity index (χ0) is 35.6. The highest BCUT2D eigenvalue weighted by Crippen LogP contribution is 2.29. The summed E-state index contributed by atoms with van der Waals surface area (Å²) in [6, 6.07) is 26.2. The zero-order valence-corrected chi connectivity index (χ0v) is 31.1. The van der Waals surface area contributed by atoms with Gasteiger partial charge < -0.3 is 15.0 Å². The third-order valence-electron chi connectivity index (χ3n) is 7.99. The molecule has 2 amide bonds. The molecule has 4 rings (SSSR count). The minimum atomic E-state index is -4.26. The Morgan fingerprint density at radius 2 is 1.59 bits per heavy atom. The average Bonchev–Trinajstić information content (AvgIpc) is 3.10. The Morgan fingerprint density at radius 3 is 2.18 bits per heavy atom. The molecule has 0 aliphatic carbocycles. The number of benzene rings is 4. The average molecular weight is 743 g/mol. The van der Waals surface area contributed by atoms with Crippen LogP contribution < -0.4 is 14.4 Å². The van der Waals surface area contributed by atoms with Crippen molar-refractivity contribution in [3.63, 3.8) is 0 Å². The van der Waals surface area contributed by atoms with E-state index in [1.807, 2.05) is 57.4 Å². The molecule has 2 atom stereocenters. The fraction of sp³-hybridized carbons (Fsp3) is 0.297. The van der Waals surface area contributed by atoms with Crippen molar-refractivity contribution in [2.75, 3.05) is 23.7 Å². The Labute approximate surface area is 303 Å². The molecule has 4 aromatic rings. The lowest BCUT2D eigenvalue weighted by Gasteiger charge is -2.34. The van der Waals surface area contributed by atoms with Gasteiger partial charge in [-0.05, 0) is 98.3 Å². The predicted molar refractivity (Wildman–Crippen MR) is 199 cm³/mol. The number of rotatable bonds is 16. The minimum Gasteiger partial charge on any atom is -0.494 e. The quantitative estimate of drug-likeness (QED) is 0.118. The Hall–Kier alpha value is -3.70. The molecule has 12 heteroatoms. The van der Waals surface area contributed by atoms with Crippen LogP contribution in [0.15, 0.2) is 107 Å². The van der Waals surface area contributed by atoms with Gasteiger partial charge in [-0.1, -0.05) is 66.5 Å². The van der Waals surface area contributed by atoms with E-state index in [9.17, 15) is 18.0 Å². The third-order valence-corrected chi connectivity index (χ3v) is 11.1. The van der Waals surface area contributed by atoms with Crippen LogP contribution in [0.1, 0.15) is 38.3 Å². The summed E-state index contributed by atoms with van der Waals surface area (Å²) in [5, 5.41) is 3.76. The molecule has 0 aliphatic rings. The maximum absolute atomic E-state index is 14.7. The van der Waals surface area contributed by atoms with Crippen LogP contribution in [-0.4, -0.2) is 56.6 Å². The first-order valence-corrected chi connectivity index (χ1v) is 19.4. The molecular formula is C37H41Cl2N3O5S2. The van der Waals surface area contributed by atoms with E-state index in [0.29, 0.717) is 34.4 Å². The normalized spacial score (nSPS) is 12.5. The van der Waals surface area contributed by atoms with Crippen molar-refractivity contribution < 1.29 is 22.7 Å². The molecule has 8 nitrogen and oxygen atoms in total. The van der Waals surface area contributed by atoms with E-state index in [2.05, 4.69) is 5.32 Å². The number of amides is 2. The molecule has 1 N–H and O–H groups in total. The molecule has 0 saturated heterocycles. The van der Waals surface area contributed by atoms with Gasteiger partial charge in [0.2, 0.25) is 11.8 Å². The molecule has 0 aliphatic heterocycles. The first-order valence-electron chi connectivity index (χ1n) is 15.9. The number of nitrogens with zero attached hydrogens (tertiary/aromatic N) is 2. The second-order valence-corrected chi connectivity index (χ2v) is 15.0. The minimum absolute atomic E-state index is 0.0228. The second kappa shape index (κ2) is 17.8. The number of carbonyl (C=O) groups is 2. The summed E-state index contributed by atoms with van der Waals surface area (Å²) in [7, 11) is -4.26. The number of halogens is 2. The summed E-state index contributed by atoms with van der Waals surface area (Å²) in [6.45, 7) is 5.48. The second-order valence-electron chi connectivity index (χ2n) is 11.4. The number of sulfonamides is 1. The Kier molecular flexibility index (Phi) is 13.8. The van der Waals surface area contributed by atoms with Crippen LogP contribution in [-0.2, 0) is 32.6 Å². The van der Waals surface area contributed by atoms with Gasteiger partial charge in [-0.2, -0.15) is 0 Å². The van der Waals surface area contributed by atoms with Crippen molar-refractivity contribution in [2.24, 2.45) is 0 Å². The molecule has 0 fully saturated rings. The monoisotopic (exact) mass is 741 g/mol. The Morgan fingerprint density at radius 1 is 0.918 bits per heavy atom. The predicted octanol–water partition coefficient (Wildman–Crippen LogP) is 7.86. The van der Waals surface area contributed by atoms with E-state index in [1.54, 1.807) is 54.6 Å². The van der Waals surface area contributed by atoms with Gasteiger partial charge in [-0.15, -0.1) is 11.8 Å². The molecule has 49 heavy (non-hydrogen) atoms. The zero-order valence-electron chi connectivity index (χ0n) is 27.9. The highest BCUT2D eigenvalue weighted by molar-refractivity contribution is 7.98. The van der Waals surface area contributed by atoms with Gasteiger partial charge in [0.1, 0.15) is 18.3 Å². The van der Waals surface area contributed by atoms with Crippen molar-refractivity contribution in [2.45, 2.75) is 62.0 Å².